The largest absolute Gasteiger partial charge is 0.379 e. The summed E-state index contributed by atoms with van der Waals surface area (Å²) in [6, 6.07) is 11.6. The summed E-state index contributed by atoms with van der Waals surface area (Å²) < 4.78 is 16.7. The minimum atomic E-state index is -0.230. The van der Waals surface area contributed by atoms with Gasteiger partial charge in [0.25, 0.3) is 5.91 Å². The van der Waals surface area contributed by atoms with Crippen molar-refractivity contribution in [2.45, 2.75) is 44.9 Å². The number of rotatable bonds is 7. The van der Waals surface area contributed by atoms with Gasteiger partial charge < -0.3 is 19.3 Å². The number of hydrogen-bond donors (Lipinski definition) is 1. The van der Waals surface area contributed by atoms with Crippen molar-refractivity contribution in [1.29, 1.82) is 0 Å². The van der Waals surface area contributed by atoms with Crippen molar-refractivity contribution in [3.8, 4) is 0 Å². The highest BCUT2D eigenvalue weighted by Gasteiger charge is 2.29. The number of carbonyl (C=O) groups is 1. The molecule has 1 N–H and O–H groups in total. The van der Waals surface area contributed by atoms with Crippen molar-refractivity contribution in [3.63, 3.8) is 0 Å². The molecule has 0 unspecified atom stereocenters. The molecule has 2 heterocycles. The van der Waals surface area contributed by atoms with Crippen LogP contribution >= 0.6 is 0 Å². The summed E-state index contributed by atoms with van der Waals surface area (Å²) in [4.78, 5) is 12.4. The van der Waals surface area contributed by atoms with Crippen molar-refractivity contribution in [2.75, 3.05) is 13.2 Å². The second-order valence-electron chi connectivity index (χ2n) is 6.21. The first-order chi connectivity index (χ1) is 12.3. The molecule has 6 heteroatoms. The molecule has 1 aliphatic rings. The zero-order chi connectivity index (χ0) is 17.5. The number of nitrogens with zero attached hydrogens (tertiary/aromatic N) is 1. The Hall–Kier alpha value is -2.18. The summed E-state index contributed by atoms with van der Waals surface area (Å²) in [6.07, 6.45) is 2.26. The number of amides is 1. The number of aromatic nitrogens is 1. The van der Waals surface area contributed by atoms with Gasteiger partial charge in [0, 0.05) is 19.1 Å². The lowest BCUT2D eigenvalue weighted by atomic mass is 10.1. The van der Waals surface area contributed by atoms with Crippen LogP contribution in [-0.4, -0.2) is 36.4 Å². The highest BCUT2D eigenvalue weighted by molar-refractivity contribution is 5.92. The lowest BCUT2D eigenvalue weighted by molar-refractivity contribution is -0.0736. The number of nitrogens with one attached hydrogen (secondary N) is 1. The van der Waals surface area contributed by atoms with Gasteiger partial charge >= 0.3 is 0 Å². The standard InChI is InChI=1S/C19H24N2O4/c1-2-6-15-11-17(21-25-15)19(22)20-16-9-10-23-13-18(16)24-12-14-7-4-3-5-8-14/h3-5,7-8,11,16,18H,2,6,9-10,12-13H2,1H3,(H,20,22)/t16-,18-/m1/s1. The summed E-state index contributed by atoms with van der Waals surface area (Å²) in [5, 5.41) is 6.87. The van der Waals surface area contributed by atoms with Crippen molar-refractivity contribution in [3.05, 3.63) is 53.4 Å². The van der Waals surface area contributed by atoms with E-state index in [0.717, 1.165) is 24.2 Å². The second kappa shape index (κ2) is 8.78. The Balaban J connectivity index is 1.57. The van der Waals surface area contributed by atoms with Gasteiger partial charge in [-0.15, -0.1) is 0 Å². The number of carbonyl (C=O) groups excluding carboxylic acids is 1. The summed E-state index contributed by atoms with van der Waals surface area (Å²) in [5.41, 5.74) is 1.41. The Labute approximate surface area is 147 Å². The summed E-state index contributed by atoms with van der Waals surface area (Å²) in [6.45, 7) is 3.62. The van der Waals surface area contributed by atoms with Gasteiger partial charge in [-0.1, -0.05) is 42.4 Å². The molecule has 0 radical (unpaired) electrons. The van der Waals surface area contributed by atoms with E-state index in [1.165, 1.54) is 0 Å². The van der Waals surface area contributed by atoms with E-state index in [9.17, 15) is 4.79 Å². The van der Waals surface area contributed by atoms with Crippen LogP contribution in [0.4, 0.5) is 0 Å². The van der Waals surface area contributed by atoms with Gasteiger partial charge in [-0.05, 0) is 18.4 Å². The summed E-state index contributed by atoms with van der Waals surface area (Å²) in [7, 11) is 0. The predicted octanol–water partition coefficient (Wildman–Crippen LogP) is 2.73. The van der Waals surface area contributed by atoms with Crippen molar-refractivity contribution in [2.24, 2.45) is 0 Å². The van der Waals surface area contributed by atoms with E-state index in [1.807, 2.05) is 30.3 Å². The van der Waals surface area contributed by atoms with E-state index in [2.05, 4.69) is 17.4 Å². The third kappa shape index (κ3) is 4.90. The topological polar surface area (TPSA) is 73.6 Å². The zero-order valence-electron chi connectivity index (χ0n) is 14.4. The Morgan fingerprint density at radius 1 is 1.36 bits per heavy atom. The first-order valence-corrected chi connectivity index (χ1v) is 8.76. The van der Waals surface area contributed by atoms with Gasteiger partial charge in [0.1, 0.15) is 11.9 Å². The lowest BCUT2D eigenvalue weighted by Crippen LogP contribution is -2.50. The van der Waals surface area contributed by atoms with Gasteiger partial charge in [-0.2, -0.15) is 0 Å². The SMILES string of the molecule is CCCc1cc(C(=O)N[C@@H]2CCOC[C@H]2OCc2ccccc2)no1. The van der Waals surface area contributed by atoms with E-state index >= 15 is 0 Å². The highest BCUT2D eigenvalue weighted by Crippen LogP contribution is 2.15. The van der Waals surface area contributed by atoms with E-state index < -0.39 is 0 Å². The van der Waals surface area contributed by atoms with Gasteiger partial charge in [0.2, 0.25) is 0 Å². The molecular formula is C19H24N2O4. The Bertz CT molecular complexity index is 671. The third-order valence-corrected chi connectivity index (χ3v) is 4.22. The molecule has 134 valence electrons. The average Bonchev–Trinajstić information content (AvgIpc) is 3.11. The van der Waals surface area contributed by atoms with Crippen LogP contribution in [0, 0.1) is 0 Å². The van der Waals surface area contributed by atoms with Crippen molar-refractivity contribution < 1.29 is 18.8 Å². The Morgan fingerprint density at radius 2 is 2.20 bits per heavy atom. The van der Waals surface area contributed by atoms with Gasteiger partial charge in [0.15, 0.2) is 5.69 Å². The fraction of sp³-hybridized carbons (Fsp3) is 0.474. The molecule has 6 nitrogen and oxygen atoms in total. The highest BCUT2D eigenvalue weighted by atomic mass is 16.5. The third-order valence-electron chi connectivity index (χ3n) is 4.22. The Morgan fingerprint density at radius 3 is 3.00 bits per heavy atom. The number of hydrogen-bond acceptors (Lipinski definition) is 5. The molecule has 2 aromatic rings. The maximum Gasteiger partial charge on any atom is 0.273 e. The second-order valence-corrected chi connectivity index (χ2v) is 6.21. The van der Waals surface area contributed by atoms with Gasteiger partial charge in [-0.25, -0.2) is 0 Å². The smallest absolute Gasteiger partial charge is 0.273 e. The van der Waals surface area contributed by atoms with Crippen LogP contribution in [0.3, 0.4) is 0 Å². The molecular weight excluding hydrogens is 320 g/mol. The van der Waals surface area contributed by atoms with Crippen LogP contribution in [-0.2, 0) is 22.5 Å². The molecule has 0 saturated carbocycles. The molecule has 0 spiro atoms. The molecule has 1 aromatic carbocycles. The Kier molecular flexibility index (Phi) is 6.19. The van der Waals surface area contributed by atoms with Gasteiger partial charge in [0.05, 0.1) is 19.3 Å². The zero-order valence-corrected chi connectivity index (χ0v) is 14.4. The van der Waals surface area contributed by atoms with E-state index in [1.54, 1.807) is 6.07 Å². The quantitative estimate of drug-likeness (QED) is 0.836. The fourth-order valence-electron chi connectivity index (χ4n) is 2.85. The molecule has 2 atom stereocenters. The van der Waals surface area contributed by atoms with Crippen LogP contribution in [0.25, 0.3) is 0 Å². The van der Waals surface area contributed by atoms with Crippen molar-refractivity contribution in [1.82, 2.24) is 10.5 Å². The summed E-state index contributed by atoms with van der Waals surface area (Å²) >= 11 is 0. The van der Waals surface area contributed by atoms with Crippen LogP contribution in [0.1, 0.15) is 41.6 Å². The molecule has 0 aliphatic carbocycles. The number of ether oxygens (including phenoxy) is 2. The lowest BCUT2D eigenvalue weighted by Gasteiger charge is -2.31. The number of aryl methyl sites for hydroxylation is 1. The van der Waals surface area contributed by atoms with Crippen LogP contribution in [0.15, 0.2) is 40.9 Å². The van der Waals surface area contributed by atoms with E-state index in [0.29, 0.717) is 31.9 Å². The molecule has 1 amide bonds. The van der Waals surface area contributed by atoms with Crippen molar-refractivity contribution >= 4 is 5.91 Å². The maximum absolute atomic E-state index is 12.4. The predicted molar refractivity (Wildman–Crippen MR) is 92.2 cm³/mol. The minimum Gasteiger partial charge on any atom is -0.379 e. The molecule has 3 rings (SSSR count). The minimum absolute atomic E-state index is 0.101. The van der Waals surface area contributed by atoms with Crippen LogP contribution in [0.5, 0.6) is 0 Å². The fourth-order valence-corrected chi connectivity index (χ4v) is 2.85. The maximum atomic E-state index is 12.4. The monoisotopic (exact) mass is 344 g/mol. The normalized spacial score (nSPS) is 20.4. The number of benzene rings is 1. The molecule has 0 bridgehead atoms. The van der Waals surface area contributed by atoms with Crippen LogP contribution < -0.4 is 5.32 Å². The first kappa shape index (κ1) is 17.6. The van der Waals surface area contributed by atoms with E-state index in [4.69, 9.17) is 14.0 Å². The van der Waals surface area contributed by atoms with Crippen LogP contribution in [0.2, 0.25) is 0 Å². The average molecular weight is 344 g/mol. The summed E-state index contributed by atoms with van der Waals surface area (Å²) in [5.74, 6) is 0.503. The molecule has 25 heavy (non-hydrogen) atoms. The molecule has 1 aliphatic heterocycles. The molecule has 1 aromatic heterocycles. The van der Waals surface area contributed by atoms with E-state index in [-0.39, 0.29) is 18.1 Å². The molecule has 1 saturated heterocycles. The first-order valence-electron chi connectivity index (χ1n) is 8.76. The van der Waals surface area contributed by atoms with Gasteiger partial charge in [-0.3, -0.25) is 4.79 Å². The molecule has 1 fully saturated rings.